The number of methoxy groups -OCH3 is 1. The lowest BCUT2D eigenvalue weighted by molar-refractivity contribution is -0.129. The maximum Gasteiger partial charge on any atom is 0.407 e. The third kappa shape index (κ3) is 8.21. The second-order valence-corrected chi connectivity index (χ2v) is 9.32. The van der Waals surface area contributed by atoms with E-state index in [4.69, 9.17) is 9.47 Å². The summed E-state index contributed by atoms with van der Waals surface area (Å²) in [6.07, 6.45) is 3.90. The Bertz CT molecular complexity index is 843. The van der Waals surface area contributed by atoms with Crippen molar-refractivity contribution in [2.75, 3.05) is 57.9 Å². The first-order chi connectivity index (χ1) is 17.0. The molecule has 0 radical (unpaired) electrons. The molecule has 2 atom stereocenters. The van der Waals surface area contributed by atoms with Gasteiger partial charge in [-0.05, 0) is 24.5 Å². The van der Waals surface area contributed by atoms with Crippen molar-refractivity contribution in [2.45, 2.75) is 51.5 Å². The highest BCUT2D eigenvalue weighted by Gasteiger charge is 2.33. The highest BCUT2D eigenvalue weighted by molar-refractivity contribution is 5.98. The minimum atomic E-state index is -0.513. The number of fused-ring (bicyclic) bond motifs is 1. The minimum absolute atomic E-state index is 0.0618. The zero-order valence-corrected chi connectivity index (χ0v) is 21.1. The minimum Gasteiger partial charge on any atom is -0.453 e. The summed E-state index contributed by atoms with van der Waals surface area (Å²) in [5.74, 6) is -0.564. The van der Waals surface area contributed by atoms with Gasteiger partial charge in [-0.25, -0.2) is 4.79 Å². The first kappa shape index (κ1) is 26.9. The molecule has 3 amide bonds. The zero-order chi connectivity index (χ0) is 25.0. The molecular formula is C26H40N4O5. The Morgan fingerprint density at radius 1 is 1.17 bits per heavy atom. The number of hydrogen-bond donors (Lipinski definition) is 2. The van der Waals surface area contributed by atoms with Crippen LogP contribution in [-0.2, 0) is 25.5 Å². The third-order valence-electron chi connectivity index (χ3n) is 6.72. The van der Waals surface area contributed by atoms with Crippen LogP contribution in [0.2, 0.25) is 0 Å². The average molecular weight is 489 g/mol. The summed E-state index contributed by atoms with van der Waals surface area (Å²) in [5.41, 5.74) is 1.85. The Morgan fingerprint density at radius 2 is 1.94 bits per heavy atom. The number of benzene rings is 1. The molecule has 1 aromatic carbocycles. The van der Waals surface area contributed by atoms with Gasteiger partial charge < -0.3 is 25.0 Å². The van der Waals surface area contributed by atoms with Crippen LogP contribution in [0.3, 0.4) is 0 Å². The molecule has 35 heavy (non-hydrogen) atoms. The van der Waals surface area contributed by atoms with E-state index in [1.54, 1.807) is 4.90 Å². The van der Waals surface area contributed by atoms with Crippen LogP contribution in [0, 0.1) is 5.92 Å². The molecule has 2 aliphatic heterocycles. The fourth-order valence-corrected chi connectivity index (χ4v) is 4.77. The molecule has 9 heteroatoms. The zero-order valence-electron chi connectivity index (χ0n) is 21.1. The number of nitrogens with one attached hydrogen (secondary N) is 2. The van der Waals surface area contributed by atoms with Crippen molar-refractivity contribution in [1.82, 2.24) is 15.5 Å². The number of para-hydroxylation sites is 1. The normalized spacial score (nSPS) is 18.9. The van der Waals surface area contributed by atoms with E-state index in [1.165, 1.54) is 7.11 Å². The van der Waals surface area contributed by atoms with E-state index < -0.39 is 12.0 Å². The number of ether oxygens (including phenoxy) is 2. The van der Waals surface area contributed by atoms with Gasteiger partial charge in [0.15, 0.2) is 0 Å². The van der Waals surface area contributed by atoms with Crippen LogP contribution in [-0.4, -0.2) is 81.9 Å². The van der Waals surface area contributed by atoms with Crippen molar-refractivity contribution < 1.29 is 23.9 Å². The topological polar surface area (TPSA) is 100 Å². The predicted molar refractivity (Wildman–Crippen MR) is 134 cm³/mol. The molecule has 0 saturated carbocycles. The number of carbonyl (C=O) groups excluding carboxylic acids is 3. The van der Waals surface area contributed by atoms with Crippen molar-refractivity contribution in [3.05, 3.63) is 29.8 Å². The Hall–Kier alpha value is -2.65. The number of morpholine rings is 1. The van der Waals surface area contributed by atoms with Crippen molar-refractivity contribution in [3.8, 4) is 0 Å². The summed E-state index contributed by atoms with van der Waals surface area (Å²) in [7, 11) is 1.33. The van der Waals surface area contributed by atoms with Gasteiger partial charge in [0.25, 0.3) is 0 Å². The molecule has 0 aliphatic carbocycles. The maximum atomic E-state index is 13.8. The van der Waals surface area contributed by atoms with Crippen LogP contribution in [0.15, 0.2) is 24.3 Å². The molecule has 3 rings (SSSR count). The molecule has 194 valence electrons. The Kier molecular flexibility index (Phi) is 10.8. The largest absolute Gasteiger partial charge is 0.453 e. The Labute approximate surface area is 208 Å². The number of carbonyl (C=O) groups is 3. The number of alkyl carbamates (subject to hydrolysis) is 1. The molecule has 0 spiro atoms. The van der Waals surface area contributed by atoms with Crippen LogP contribution in [0.1, 0.15) is 44.6 Å². The first-order valence-electron chi connectivity index (χ1n) is 12.8. The molecule has 1 saturated heterocycles. The summed E-state index contributed by atoms with van der Waals surface area (Å²) in [5, 5.41) is 5.84. The molecule has 2 aliphatic rings. The van der Waals surface area contributed by atoms with E-state index in [0.717, 1.165) is 63.4 Å². The molecular weight excluding hydrogens is 448 g/mol. The predicted octanol–water partition coefficient (Wildman–Crippen LogP) is 2.34. The van der Waals surface area contributed by atoms with E-state index in [-0.39, 0.29) is 24.3 Å². The molecule has 1 fully saturated rings. The highest BCUT2D eigenvalue weighted by Crippen LogP contribution is 2.30. The second kappa shape index (κ2) is 14.0. The standard InChI is InChI=1S/C26H40N4O5/c1-3-4-5-9-21(18-24(31)27-11-12-29-13-15-35-16-14-29)25(32)30-19-22(28-26(33)34-2)17-20-8-6-7-10-23(20)30/h6-8,10,21-22H,3-5,9,11-19H2,1-2H3,(H,27,31)(H,28,33)/t21-,22?/m0/s1. The third-order valence-corrected chi connectivity index (χ3v) is 6.72. The number of anilines is 1. The lowest BCUT2D eigenvalue weighted by Gasteiger charge is -2.36. The number of hydrogen-bond acceptors (Lipinski definition) is 6. The Balaban J connectivity index is 1.66. The van der Waals surface area contributed by atoms with Crippen molar-refractivity contribution in [1.29, 1.82) is 0 Å². The molecule has 0 bridgehead atoms. The molecule has 1 aromatic rings. The SMILES string of the molecule is CCCCC[C@@H](CC(=O)NCCN1CCOCC1)C(=O)N1CC(NC(=O)OC)Cc2ccccc21. The quantitative estimate of drug-likeness (QED) is 0.464. The fraction of sp³-hybridized carbons (Fsp3) is 0.654. The van der Waals surface area contributed by atoms with Gasteiger partial charge in [0.2, 0.25) is 11.8 Å². The van der Waals surface area contributed by atoms with E-state index in [9.17, 15) is 14.4 Å². The summed E-state index contributed by atoms with van der Waals surface area (Å²) in [6.45, 7) is 7.03. The molecule has 1 unspecified atom stereocenters. The first-order valence-corrected chi connectivity index (χ1v) is 12.8. The molecule has 9 nitrogen and oxygen atoms in total. The lowest BCUT2D eigenvalue weighted by Crippen LogP contribution is -2.52. The lowest BCUT2D eigenvalue weighted by atomic mass is 9.92. The average Bonchev–Trinajstić information content (AvgIpc) is 2.88. The van der Waals surface area contributed by atoms with Gasteiger partial charge >= 0.3 is 6.09 Å². The van der Waals surface area contributed by atoms with Crippen LogP contribution in [0.5, 0.6) is 0 Å². The number of unbranched alkanes of at least 4 members (excludes halogenated alkanes) is 2. The molecule has 0 aromatic heterocycles. The van der Waals surface area contributed by atoms with Crippen molar-refractivity contribution in [2.24, 2.45) is 5.92 Å². The summed E-state index contributed by atoms with van der Waals surface area (Å²) in [4.78, 5) is 42.5. The number of nitrogens with zero attached hydrogens (tertiary/aromatic N) is 2. The summed E-state index contributed by atoms with van der Waals surface area (Å²) >= 11 is 0. The van der Waals surface area contributed by atoms with E-state index in [2.05, 4.69) is 22.5 Å². The molecule has 2 N–H and O–H groups in total. The summed E-state index contributed by atoms with van der Waals surface area (Å²) in [6, 6.07) is 7.51. The monoisotopic (exact) mass is 488 g/mol. The van der Waals surface area contributed by atoms with E-state index >= 15 is 0 Å². The van der Waals surface area contributed by atoms with Crippen molar-refractivity contribution >= 4 is 23.6 Å². The Morgan fingerprint density at radius 3 is 2.69 bits per heavy atom. The molecule has 2 heterocycles. The van der Waals surface area contributed by atoms with Crippen LogP contribution in [0.4, 0.5) is 10.5 Å². The van der Waals surface area contributed by atoms with E-state index in [0.29, 0.717) is 25.9 Å². The van der Waals surface area contributed by atoms with Crippen LogP contribution in [0.25, 0.3) is 0 Å². The fourth-order valence-electron chi connectivity index (χ4n) is 4.77. The van der Waals surface area contributed by atoms with Gasteiger partial charge in [0.05, 0.1) is 26.4 Å². The summed E-state index contributed by atoms with van der Waals surface area (Å²) < 4.78 is 10.1. The van der Waals surface area contributed by atoms with Gasteiger partial charge in [-0.3, -0.25) is 14.5 Å². The van der Waals surface area contributed by atoms with E-state index in [1.807, 2.05) is 24.3 Å². The maximum absolute atomic E-state index is 13.8. The highest BCUT2D eigenvalue weighted by atomic mass is 16.5. The second-order valence-electron chi connectivity index (χ2n) is 9.32. The van der Waals surface area contributed by atoms with Gasteiger partial charge in [-0.1, -0.05) is 44.4 Å². The smallest absolute Gasteiger partial charge is 0.407 e. The van der Waals surface area contributed by atoms with Crippen LogP contribution >= 0.6 is 0 Å². The van der Waals surface area contributed by atoms with Gasteiger partial charge in [0.1, 0.15) is 0 Å². The van der Waals surface area contributed by atoms with Gasteiger partial charge in [-0.2, -0.15) is 0 Å². The van der Waals surface area contributed by atoms with Gasteiger partial charge in [0, 0.05) is 50.7 Å². The number of rotatable bonds is 11. The number of amides is 3. The van der Waals surface area contributed by atoms with Crippen LogP contribution < -0.4 is 15.5 Å². The van der Waals surface area contributed by atoms with Gasteiger partial charge in [-0.15, -0.1) is 0 Å². The van der Waals surface area contributed by atoms with Crippen molar-refractivity contribution in [3.63, 3.8) is 0 Å².